The maximum absolute atomic E-state index is 13.2. The summed E-state index contributed by atoms with van der Waals surface area (Å²) in [5, 5.41) is 25.9. The molecule has 0 aliphatic carbocycles. The van der Waals surface area contributed by atoms with Crippen LogP contribution in [0.25, 0.3) is 22.9 Å². The van der Waals surface area contributed by atoms with E-state index in [-0.39, 0.29) is 5.15 Å². The summed E-state index contributed by atoms with van der Waals surface area (Å²) in [5.74, 6) is -0.406. The van der Waals surface area contributed by atoms with Crippen LogP contribution in [0.15, 0.2) is 85.5 Å². The largest absolute Gasteiger partial charge is 0.453 e. The average molecular weight is 602 g/mol. The van der Waals surface area contributed by atoms with Gasteiger partial charge in [0, 0.05) is 40.3 Å². The summed E-state index contributed by atoms with van der Waals surface area (Å²) in [6, 6.07) is 16.7. The number of nitrogens with one attached hydrogen (secondary N) is 2. The van der Waals surface area contributed by atoms with Crippen LogP contribution in [0.4, 0.5) is 10.5 Å². The van der Waals surface area contributed by atoms with Crippen molar-refractivity contribution in [2.45, 2.75) is 6.04 Å². The second kappa shape index (κ2) is 13.0. The zero-order valence-corrected chi connectivity index (χ0v) is 23.4. The smallest absolute Gasteiger partial charge is 0.411 e. The molecule has 42 heavy (non-hydrogen) atoms. The van der Waals surface area contributed by atoms with Crippen LogP contribution >= 0.6 is 23.2 Å². The Labute approximate surface area is 249 Å². The average Bonchev–Trinajstić information content (AvgIpc) is 3.55. The van der Waals surface area contributed by atoms with Crippen molar-refractivity contribution in [1.29, 1.82) is 0 Å². The number of methoxy groups -OCH3 is 1. The van der Waals surface area contributed by atoms with E-state index in [4.69, 9.17) is 23.2 Å². The van der Waals surface area contributed by atoms with Gasteiger partial charge in [0.05, 0.1) is 24.5 Å². The fraction of sp³-hybridized carbons (Fsp3) is 0.0714. The normalized spacial score (nSPS) is 11.7. The third kappa shape index (κ3) is 6.74. The molecule has 0 saturated carbocycles. The number of rotatable bonds is 8. The second-order valence-electron chi connectivity index (χ2n) is 8.68. The summed E-state index contributed by atoms with van der Waals surface area (Å²) in [6.45, 7) is 0. The molecule has 5 rings (SSSR count). The van der Waals surface area contributed by atoms with Crippen molar-refractivity contribution in [3.8, 4) is 16.8 Å². The zero-order valence-electron chi connectivity index (χ0n) is 21.8. The molecule has 14 heteroatoms. The minimum atomic E-state index is -0.688. The van der Waals surface area contributed by atoms with Gasteiger partial charge >= 0.3 is 6.09 Å². The SMILES string of the molecule is COC(=O)Nc1ccc(-c2cc(C(NC(=O)/C=C/c3cc(Cl)ccc3-n3cnnn3)c3ccncc3)nnc2Cl)cc1. The van der Waals surface area contributed by atoms with Crippen LogP contribution < -0.4 is 10.6 Å². The first kappa shape index (κ1) is 28.3. The summed E-state index contributed by atoms with van der Waals surface area (Å²) in [7, 11) is 1.28. The monoisotopic (exact) mass is 601 g/mol. The van der Waals surface area contributed by atoms with Crippen molar-refractivity contribution in [2.75, 3.05) is 12.4 Å². The highest BCUT2D eigenvalue weighted by atomic mass is 35.5. The molecule has 5 aromatic rings. The van der Waals surface area contributed by atoms with Gasteiger partial charge in [-0.25, -0.2) is 4.79 Å². The molecule has 1 atom stereocenters. The molecule has 2 aromatic carbocycles. The van der Waals surface area contributed by atoms with Gasteiger partial charge in [-0.2, -0.15) is 9.78 Å². The molecule has 3 aromatic heterocycles. The number of carbonyl (C=O) groups is 2. The van der Waals surface area contributed by atoms with Crippen LogP contribution in [0.3, 0.4) is 0 Å². The van der Waals surface area contributed by atoms with Crippen LogP contribution in [0.1, 0.15) is 22.9 Å². The Morgan fingerprint density at radius 1 is 1.00 bits per heavy atom. The Kier molecular flexibility index (Phi) is 8.75. The van der Waals surface area contributed by atoms with E-state index in [2.05, 4.69) is 46.1 Å². The van der Waals surface area contributed by atoms with Gasteiger partial charge in [0.1, 0.15) is 6.33 Å². The van der Waals surface area contributed by atoms with Crippen molar-refractivity contribution in [3.05, 3.63) is 112 Å². The van der Waals surface area contributed by atoms with Gasteiger partial charge < -0.3 is 10.1 Å². The van der Waals surface area contributed by atoms with E-state index >= 15 is 0 Å². The minimum absolute atomic E-state index is 0.170. The molecule has 2 N–H and O–H groups in total. The lowest BCUT2D eigenvalue weighted by atomic mass is 10.0. The summed E-state index contributed by atoms with van der Waals surface area (Å²) in [4.78, 5) is 28.8. The molecule has 1 unspecified atom stereocenters. The number of tetrazole rings is 1. The number of carbonyl (C=O) groups excluding carboxylic acids is 2. The zero-order chi connectivity index (χ0) is 29.5. The highest BCUT2D eigenvalue weighted by Crippen LogP contribution is 2.30. The molecule has 12 nitrogen and oxygen atoms in total. The number of ether oxygens (including phenoxy) is 1. The first-order valence-electron chi connectivity index (χ1n) is 12.3. The van der Waals surface area contributed by atoms with E-state index in [0.717, 1.165) is 11.1 Å². The lowest BCUT2D eigenvalue weighted by molar-refractivity contribution is -0.116. The standard InChI is InChI=1S/C28H21Cl2N9O3/c1-42-28(41)33-21-6-2-17(3-7-21)22-15-23(35-36-27(22)30)26(18-10-12-31-13-11-18)34-25(40)9-4-19-14-20(29)5-8-24(19)39-16-32-37-38-39/h2-16,26H,1H3,(H,33,41)(H,34,40)/b9-4+. The Hall–Kier alpha value is -5.20. The molecular weight excluding hydrogens is 581 g/mol. The fourth-order valence-electron chi connectivity index (χ4n) is 4.02. The summed E-state index contributed by atoms with van der Waals surface area (Å²) in [6.07, 6.45) is 7.09. The quantitative estimate of drug-likeness (QED) is 0.236. The lowest BCUT2D eigenvalue weighted by Gasteiger charge is -2.18. The topological polar surface area (TPSA) is 150 Å². The Morgan fingerprint density at radius 2 is 1.79 bits per heavy atom. The molecule has 0 saturated heterocycles. The molecule has 3 heterocycles. The van der Waals surface area contributed by atoms with Crippen LogP contribution in [-0.2, 0) is 9.53 Å². The van der Waals surface area contributed by atoms with E-state index in [1.54, 1.807) is 79.1 Å². The Balaban J connectivity index is 1.43. The van der Waals surface area contributed by atoms with Crippen LogP contribution in [-0.4, -0.2) is 54.5 Å². The fourth-order valence-corrected chi connectivity index (χ4v) is 4.40. The van der Waals surface area contributed by atoms with Crippen LogP contribution in [0, 0.1) is 0 Å². The summed E-state index contributed by atoms with van der Waals surface area (Å²) in [5.41, 5.74) is 4.28. The third-order valence-corrected chi connectivity index (χ3v) is 6.53. The van der Waals surface area contributed by atoms with Crippen molar-refractivity contribution < 1.29 is 14.3 Å². The Bertz CT molecular complexity index is 1730. The molecule has 210 valence electrons. The molecule has 0 spiro atoms. The molecule has 0 fully saturated rings. The highest BCUT2D eigenvalue weighted by Gasteiger charge is 2.20. The summed E-state index contributed by atoms with van der Waals surface area (Å²) >= 11 is 12.6. The number of halogens is 2. The molecule has 0 aliphatic heterocycles. The van der Waals surface area contributed by atoms with Crippen LogP contribution in [0.2, 0.25) is 10.2 Å². The molecule has 0 radical (unpaired) electrons. The highest BCUT2D eigenvalue weighted by molar-refractivity contribution is 6.32. The van der Waals surface area contributed by atoms with Gasteiger partial charge in [-0.3, -0.25) is 15.1 Å². The first-order chi connectivity index (χ1) is 20.4. The van der Waals surface area contributed by atoms with Gasteiger partial charge in [-0.05, 0) is 76.2 Å². The first-order valence-corrected chi connectivity index (χ1v) is 13.1. The number of anilines is 1. The maximum atomic E-state index is 13.2. The molecule has 2 amide bonds. The van der Waals surface area contributed by atoms with Gasteiger partial charge in [0.15, 0.2) is 5.15 Å². The van der Waals surface area contributed by atoms with E-state index in [9.17, 15) is 9.59 Å². The lowest BCUT2D eigenvalue weighted by Crippen LogP contribution is -2.28. The van der Waals surface area contributed by atoms with Crippen molar-refractivity contribution in [3.63, 3.8) is 0 Å². The van der Waals surface area contributed by atoms with Gasteiger partial charge in [0.2, 0.25) is 5.91 Å². The Morgan fingerprint density at radius 3 is 2.50 bits per heavy atom. The van der Waals surface area contributed by atoms with Crippen molar-refractivity contribution >= 4 is 47.0 Å². The number of hydrogen-bond acceptors (Lipinski definition) is 9. The van der Waals surface area contributed by atoms with E-state index in [1.165, 1.54) is 24.2 Å². The number of nitrogens with zero attached hydrogens (tertiary/aromatic N) is 7. The number of hydrogen-bond donors (Lipinski definition) is 2. The maximum Gasteiger partial charge on any atom is 0.411 e. The van der Waals surface area contributed by atoms with Crippen molar-refractivity contribution in [1.82, 2.24) is 40.7 Å². The summed E-state index contributed by atoms with van der Waals surface area (Å²) < 4.78 is 6.10. The minimum Gasteiger partial charge on any atom is -0.453 e. The third-order valence-electron chi connectivity index (χ3n) is 6.02. The predicted molar refractivity (Wildman–Crippen MR) is 156 cm³/mol. The van der Waals surface area contributed by atoms with E-state index in [1.807, 2.05) is 0 Å². The molecule has 0 aliphatic rings. The van der Waals surface area contributed by atoms with Gasteiger partial charge in [-0.1, -0.05) is 35.3 Å². The molecular formula is C28H21Cl2N9O3. The predicted octanol–water partition coefficient (Wildman–Crippen LogP) is 4.92. The van der Waals surface area contributed by atoms with E-state index < -0.39 is 18.0 Å². The van der Waals surface area contributed by atoms with Gasteiger partial charge in [0.25, 0.3) is 0 Å². The number of pyridine rings is 1. The number of amides is 2. The second-order valence-corrected chi connectivity index (χ2v) is 9.48. The van der Waals surface area contributed by atoms with Crippen LogP contribution in [0.5, 0.6) is 0 Å². The van der Waals surface area contributed by atoms with E-state index in [0.29, 0.717) is 33.2 Å². The van der Waals surface area contributed by atoms with Gasteiger partial charge in [-0.15, -0.1) is 10.2 Å². The molecule has 0 bridgehead atoms. The number of aromatic nitrogens is 7. The van der Waals surface area contributed by atoms with Crippen molar-refractivity contribution in [2.24, 2.45) is 0 Å². The number of benzene rings is 2.